The molecule has 3 fully saturated rings. The van der Waals surface area contributed by atoms with Crippen LogP contribution < -0.4 is 5.32 Å². The van der Waals surface area contributed by atoms with Gasteiger partial charge in [0.05, 0.1) is 0 Å². The number of nitrogens with zero attached hydrogens (tertiary/aromatic N) is 1. The van der Waals surface area contributed by atoms with E-state index in [1.165, 1.54) is 18.2 Å². The molecule has 0 spiro atoms. The third-order valence-electron chi connectivity index (χ3n) is 9.87. The first-order chi connectivity index (χ1) is 18.2. The Morgan fingerprint density at radius 3 is 2.44 bits per heavy atom. The topological polar surface area (TPSA) is 136 Å². The summed E-state index contributed by atoms with van der Waals surface area (Å²) in [6, 6.07) is 2.49. The maximum absolute atomic E-state index is 13.7. The second-order valence-corrected chi connectivity index (χ2v) is 13.0. The molecule has 2 aliphatic carbocycles. The van der Waals surface area contributed by atoms with Gasteiger partial charge in [-0.15, -0.1) is 0 Å². The van der Waals surface area contributed by atoms with E-state index in [2.05, 4.69) is 26.1 Å². The molecule has 9 heteroatoms. The van der Waals surface area contributed by atoms with Crippen molar-refractivity contribution >= 4 is 17.8 Å². The number of phenols is 2. The SMILES string of the molecule is CC(C)C[C@H](NC(=O)[C@H](O)Cc1ccc(O)c(O)c1)C(=O)N1CCC[C@H]1C(=O)OC1CC2CCC1(C)C2(C)C. The van der Waals surface area contributed by atoms with Crippen molar-refractivity contribution < 1.29 is 34.4 Å². The molecule has 1 aromatic carbocycles. The van der Waals surface area contributed by atoms with E-state index in [1.807, 2.05) is 13.8 Å². The number of aliphatic hydroxyl groups is 1. The average molecular weight is 545 g/mol. The second kappa shape index (κ2) is 11.0. The normalized spacial score (nSPS) is 28.9. The fraction of sp³-hybridized carbons (Fsp3) is 0.700. The minimum atomic E-state index is -1.46. The van der Waals surface area contributed by atoms with Crippen LogP contribution in [0.2, 0.25) is 0 Å². The lowest BCUT2D eigenvalue weighted by atomic mass is 9.70. The highest BCUT2D eigenvalue weighted by molar-refractivity contribution is 5.92. The third kappa shape index (κ3) is 5.60. The lowest BCUT2D eigenvalue weighted by Crippen LogP contribution is -2.54. The van der Waals surface area contributed by atoms with E-state index in [4.69, 9.17) is 4.74 Å². The summed E-state index contributed by atoms with van der Waals surface area (Å²) in [6.07, 6.45) is 2.89. The summed E-state index contributed by atoms with van der Waals surface area (Å²) in [5, 5.41) is 32.4. The number of aliphatic hydroxyl groups excluding tert-OH is 1. The standard InChI is InChI=1S/C30H44N2O7/c1-17(2)13-20(31-26(36)24(35)15-18-8-9-22(33)23(34)14-18)27(37)32-12-6-7-21(32)28(38)39-25-16-19-10-11-30(25,5)29(19,3)4/h8-9,14,17,19-21,24-25,33-35H,6-7,10-13,15-16H2,1-5H3,(H,31,36)/t19?,20-,21-,24+,25?,30?/m0/s1. The number of aromatic hydroxyl groups is 2. The number of esters is 1. The number of benzene rings is 1. The highest BCUT2D eigenvalue weighted by Crippen LogP contribution is 2.66. The zero-order valence-electron chi connectivity index (χ0n) is 23.8. The Morgan fingerprint density at radius 2 is 1.85 bits per heavy atom. The Hall–Kier alpha value is -2.81. The predicted molar refractivity (Wildman–Crippen MR) is 145 cm³/mol. The summed E-state index contributed by atoms with van der Waals surface area (Å²) >= 11 is 0. The Bertz CT molecular complexity index is 1100. The van der Waals surface area contributed by atoms with Crippen molar-refractivity contribution in [2.45, 2.75) is 104 Å². The van der Waals surface area contributed by atoms with E-state index in [-0.39, 0.29) is 52.6 Å². The van der Waals surface area contributed by atoms with Crippen molar-refractivity contribution in [3.63, 3.8) is 0 Å². The second-order valence-electron chi connectivity index (χ2n) is 13.0. The van der Waals surface area contributed by atoms with Gasteiger partial charge in [-0.2, -0.15) is 0 Å². The van der Waals surface area contributed by atoms with Crippen LogP contribution >= 0.6 is 0 Å². The van der Waals surface area contributed by atoms with E-state index < -0.39 is 24.1 Å². The zero-order chi connectivity index (χ0) is 28.7. The summed E-state index contributed by atoms with van der Waals surface area (Å²) < 4.78 is 6.11. The van der Waals surface area contributed by atoms with Crippen molar-refractivity contribution in [3.05, 3.63) is 23.8 Å². The maximum atomic E-state index is 13.7. The van der Waals surface area contributed by atoms with E-state index >= 15 is 0 Å². The van der Waals surface area contributed by atoms with Gasteiger partial charge in [0.25, 0.3) is 0 Å². The molecule has 1 heterocycles. The van der Waals surface area contributed by atoms with Gasteiger partial charge in [-0.05, 0) is 73.5 Å². The smallest absolute Gasteiger partial charge is 0.329 e. The Morgan fingerprint density at radius 1 is 1.13 bits per heavy atom. The molecule has 9 nitrogen and oxygen atoms in total. The number of nitrogens with one attached hydrogen (secondary N) is 1. The zero-order valence-corrected chi connectivity index (χ0v) is 23.8. The molecular weight excluding hydrogens is 500 g/mol. The molecule has 3 aliphatic rings. The monoisotopic (exact) mass is 544 g/mol. The molecule has 3 unspecified atom stereocenters. The van der Waals surface area contributed by atoms with Gasteiger partial charge in [-0.1, -0.05) is 40.7 Å². The first-order valence-corrected chi connectivity index (χ1v) is 14.2. The molecule has 216 valence electrons. The minimum absolute atomic E-state index is 0.0701. The number of carbonyl (C=O) groups is 3. The maximum Gasteiger partial charge on any atom is 0.329 e. The van der Waals surface area contributed by atoms with Crippen LogP contribution in [0.4, 0.5) is 0 Å². The molecule has 0 aromatic heterocycles. The van der Waals surface area contributed by atoms with Crippen molar-refractivity contribution in [1.29, 1.82) is 0 Å². The molecule has 6 atom stereocenters. The Balaban J connectivity index is 1.41. The summed E-state index contributed by atoms with van der Waals surface area (Å²) in [5.74, 6) is -1.45. The van der Waals surface area contributed by atoms with Crippen LogP contribution in [0.1, 0.15) is 78.7 Å². The molecule has 1 aromatic rings. The first-order valence-electron chi connectivity index (χ1n) is 14.2. The highest BCUT2D eigenvalue weighted by Gasteiger charge is 2.63. The van der Waals surface area contributed by atoms with Gasteiger partial charge in [0, 0.05) is 18.4 Å². The molecule has 2 amide bonds. The number of carbonyl (C=O) groups excluding carboxylic acids is 3. The Labute approximate surface area is 230 Å². The molecule has 1 saturated heterocycles. The average Bonchev–Trinajstić information content (AvgIpc) is 3.49. The summed E-state index contributed by atoms with van der Waals surface area (Å²) in [6.45, 7) is 11.0. The van der Waals surface area contributed by atoms with Crippen LogP contribution in [0.3, 0.4) is 0 Å². The van der Waals surface area contributed by atoms with Crippen LogP contribution in [0.15, 0.2) is 18.2 Å². The summed E-state index contributed by atoms with van der Waals surface area (Å²) in [5.41, 5.74) is 0.494. The number of hydrogen-bond donors (Lipinski definition) is 4. The lowest BCUT2D eigenvalue weighted by molar-refractivity contribution is -0.165. The fourth-order valence-electron chi connectivity index (χ4n) is 6.98. The number of ether oxygens (including phenoxy) is 1. The minimum Gasteiger partial charge on any atom is -0.504 e. The van der Waals surface area contributed by atoms with Gasteiger partial charge >= 0.3 is 5.97 Å². The van der Waals surface area contributed by atoms with Gasteiger partial charge in [0.15, 0.2) is 11.5 Å². The van der Waals surface area contributed by atoms with E-state index in [0.717, 1.165) is 19.3 Å². The molecule has 4 N–H and O–H groups in total. The largest absolute Gasteiger partial charge is 0.504 e. The van der Waals surface area contributed by atoms with Crippen molar-refractivity contribution in [2.24, 2.45) is 22.7 Å². The van der Waals surface area contributed by atoms with Gasteiger partial charge in [0.1, 0.15) is 24.3 Å². The summed E-state index contributed by atoms with van der Waals surface area (Å²) in [7, 11) is 0. The van der Waals surface area contributed by atoms with Crippen LogP contribution in [-0.4, -0.2) is 68.8 Å². The van der Waals surface area contributed by atoms with Gasteiger partial charge in [0.2, 0.25) is 11.8 Å². The van der Waals surface area contributed by atoms with Crippen LogP contribution in [0.5, 0.6) is 11.5 Å². The van der Waals surface area contributed by atoms with Gasteiger partial charge in [-0.3, -0.25) is 9.59 Å². The molecule has 2 bridgehead atoms. The molecule has 4 rings (SSSR count). The number of fused-ring (bicyclic) bond motifs is 2. The van der Waals surface area contributed by atoms with Crippen LogP contribution in [-0.2, 0) is 25.5 Å². The number of hydrogen-bond acceptors (Lipinski definition) is 7. The first kappa shape index (κ1) is 29.2. The third-order valence-corrected chi connectivity index (χ3v) is 9.87. The number of rotatable bonds is 9. The van der Waals surface area contributed by atoms with Crippen LogP contribution in [0.25, 0.3) is 0 Å². The Kier molecular flexibility index (Phi) is 8.22. The number of phenolic OH excluding ortho intramolecular Hbond substituents is 2. The summed E-state index contributed by atoms with van der Waals surface area (Å²) in [4.78, 5) is 41.5. The molecular formula is C30H44N2O7. The molecule has 2 saturated carbocycles. The number of likely N-dealkylation sites (tertiary alicyclic amines) is 1. The fourth-order valence-corrected chi connectivity index (χ4v) is 6.98. The highest BCUT2D eigenvalue weighted by atomic mass is 16.5. The lowest BCUT2D eigenvalue weighted by Gasteiger charge is -2.39. The molecule has 0 radical (unpaired) electrons. The number of amides is 2. The van der Waals surface area contributed by atoms with Crippen molar-refractivity contribution in [3.8, 4) is 11.5 Å². The van der Waals surface area contributed by atoms with E-state index in [0.29, 0.717) is 37.3 Å². The van der Waals surface area contributed by atoms with E-state index in [1.54, 1.807) is 4.90 Å². The quantitative estimate of drug-likeness (QED) is 0.277. The molecule has 1 aliphatic heterocycles. The van der Waals surface area contributed by atoms with E-state index in [9.17, 15) is 29.7 Å². The van der Waals surface area contributed by atoms with Crippen molar-refractivity contribution in [1.82, 2.24) is 10.2 Å². The predicted octanol–water partition coefficient (Wildman–Crippen LogP) is 3.28. The van der Waals surface area contributed by atoms with Gasteiger partial charge in [-0.25, -0.2) is 4.79 Å². The molecule has 39 heavy (non-hydrogen) atoms. The van der Waals surface area contributed by atoms with Crippen molar-refractivity contribution in [2.75, 3.05) is 6.54 Å². The van der Waals surface area contributed by atoms with Crippen LogP contribution in [0, 0.1) is 22.7 Å². The van der Waals surface area contributed by atoms with Gasteiger partial charge < -0.3 is 30.3 Å².